The number of rotatable bonds is 7. The van der Waals surface area contributed by atoms with E-state index >= 15 is 0 Å². The van der Waals surface area contributed by atoms with Crippen molar-refractivity contribution in [1.29, 1.82) is 0 Å². The van der Waals surface area contributed by atoms with E-state index in [1.807, 2.05) is 36.4 Å². The molecule has 1 N–H and O–H groups in total. The number of amides is 3. The van der Waals surface area contributed by atoms with Gasteiger partial charge in [-0.15, -0.1) is 0 Å². The van der Waals surface area contributed by atoms with Crippen molar-refractivity contribution in [2.75, 3.05) is 19.8 Å². The minimum absolute atomic E-state index is 0.0658. The molecule has 2 aliphatic heterocycles. The van der Waals surface area contributed by atoms with Crippen LogP contribution in [0.1, 0.15) is 57.0 Å². The van der Waals surface area contributed by atoms with Crippen LogP contribution < -0.4 is 5.32 Å². The standard InChI is InChI=1S/C31H28N2O7/c34-28(40-33-29(35)24-11-5-6-12-25(24)30(33)36)17-27(19-13-15-38-16-14-19)32-31(37)39-18-26-22-9-3-1-7-20(22)21-8-2-4-10-23(21)26/h1-12,19,26-27H,13-18H2,(H,32,37). The molecule has 204 valence electrons. The second kappa shape index (κ2) is 10.9. The molecule has 0 bridgehead atoms. The van der Waals surface area contributed by atoms with E-state index < -0.39 is 29.9 Å². The van der Waals surface area contributed by atoms with Gasteiger partial charge in [0.1, 0.15) is 6.61 Å². The van der Waals surface area contributed by atoms with Gasteiger partial charge in [0.25, 0.3) is 11.8 Å². The number of imide groups is 1. The Bertz CT molecular complexity index is 1400. The fourth-order valence-corrected chi connectivity index (χ4v) is 5.81. The number of nitrogens with one attached hydrogen (secondary N) is 1. The molecule has 0 saturated carbocycles. The molecule has 3 aromatic carbocycles. The second-order valence-electron chi connectivity index (χ2n) is 10.1. The molecule has 1 unspecified atom stereocenters. The zero-order valence-electron chi connectivity index (χ0n) is 21.7. The fraction of sp³-hybridized carbons (Fsp3) is 0.290. The van der Waals surface area contributed by atoms with Crippen LogP contribution in [0.25, 0.3) is 11.1 Å². The molecule has 40 heavy (non-hydrogen) atoms. The molecular formula is C31H28N2O7. The van der Waals surface area contributed by atoms with Crippen molar-refractivity contribution < 1.29 is 33.5 Å². The SMILES string of the molecule is O=C(CC(NC(=O)OCC1c2ccccc2-c2ccccc21)C1CCOCC1)ON1C(=O)c2ccccc2C1=O. The first kappa shape index (κ1) is 25.8. The number of ether oxygens (including phenoxy) is 2. The third-order valence-corrected chi connectivity index (χ3v) is 7.82. The van der Waals surface area contributed by atoms with Crippen LogP contribution in [0.3, 0.4) is 0 Å². The summed E-state index contributed by atoms with van der Waals surface area (Å²) in [4.78, 5) is 56.4. The smallest absolute Gasteiger partial charge is 0.407 e. The van der Waals surface area contributed by atoms with Gasteiger partial charge < -0.3 is 19.6 Å². The summed E-state index contributed by atoms with van der Waals surface area (Å²) in [5, 5.41) is 3.34. The van der Waals surface area contributed by atoms with Crippen LogP contribution in [-0.4, -0.2) is 54.8 Å². The summed E-state index contributed by atoms with van der Waals surface area (Å²) in [6, 6.07) is 21.8. The number of carbonyl (C=O) groups excluding carboxylic acids is 4. The van der Waals surface area contributed by atoms with Crippen LogP contribution in [0.2, 0.25) is 0 Å². The lowest BCUT2D eigenvalue weighted by molar-refractivity contribution is -0.169. The lowest BCUT2D eigenvalue weighted by atomic mass is 9.90. The summed E-state index contributed by atoms with van der Waals surface area (Å²) in [6.07, 6.45) is 0.387. The van der Waals surface area contributed by atoms with Crippen molar-refractivity contribution in [3.63, 3.8) is 0 Å². The van der Waals surface area contributed by atoms with Gasteiger partial charge in [-0.3, -0.25) is 9.59 Å². The number of benzene rings is 3. The quantitative estimate of drug-likeness (QED) is 0.441. The van der Waals surface area contributed by atoms with Crippen LogP contribution in [-0.2, 0) is 19.1 Å². The summed E-state index contributed by atoms with van der Waals surface area (Å²) >= 11 is 0. The zero-order chi connectivity index (χ0) is 27.6. The van der Waals surface area contributed by atoms with E-state index in [4.69, 9.17) is 14.3 Å². The average Bonchev–Trinajstić information content (AvgIpc) is 3.43. The van der Waals surface area contributed by atoms with Crippen LogP contribution in [0.4, 0.5) is 4.79 Å². The molecule has 9 nitrogen and oxygen atoms in total. The zero-order valence-corrected chi connectivity index (χ0v) is 21.7. The van der Waals surface area contributed by atoms with E-state index in [-0.39, 0.29) is 36.0 Å². The first-order chi connectivity index (χ1) is 19.5. The third-order valence-electron chi connectivity index (χ3n) is 7.82. The number of fused-ring (bicyclic) bond motifs is 4. The maximum atomic E-state index is 13.0. The highest BCUT2D eigenvalue weighted by molar-refractivity contribution is 6.20. The lowest BCUT2D eigenvalue weighted by Gasteiger charge is -2.30. The van der Waals surface area contributed by atoms with Crippen molar-refractivity contribution in [1.82, 2.24) is 10.4 Å². The van der Waals surface area contributed by atoms with Crippen molar-refractivity contribution >= 4 is 23.9 Å². The highest BCUT2D eigenvalue weighted by Gasteiger charge is 2.39. The van der Waals surface area contributed by atoms with E-state index in [1.165, 1.54) is 12.1 Å². The van der Waals surface area contributed by atoms with Gasteiger partial charge in [0.2, 0.25) is 0 Å². The van der Waals surface area contributed by atoms with Crippen LogP contribution in [0.5, 0.6) is 0 Å². The first-order valence-electron chi connectivity index (χ1n) is 13.4. The van der Waals surface area contributed by atoms with E-state index in [9.17, 15) is 19.2 Å². The molecule has 0 spiro atoms. The fourth-order valence-electron chi connectivity index (χ4n) is 5.81. The van der Waals surface area contributed by atoms with E-state index in [0.29, 0.717) is 31.1 Å². The second-order valence-corrected chi connectivity index (χ2v) is 10.1. The van der Waals surface area contributed by atoms with Crippen molar-refractivity contribution in [2.24, 2.45) is 5.92 Å². The third kappa shape index (κ3) is 4.84. The molecule has 3 aliphatic rings. The van der Waals surface area contributed by atoms with Crippen LogP contribution in [0.15, 0.2) is 72.8 Å². The molecule has 3 amide bonds. The van der Waals surface area contributed by atoms with Crippen molar-refractivity contribution in [3.05, 3.63) is 95.1 Å². The van der Waals surface area contributed by atoms with Gasteiger partial charge in [0.05, 0.1) is 17.5 Å². The number of hydrogen-bond donors (Lipinski definition) is 1. The molecule has 1 aliphatic carbocycles. The summed E-state index contributed by atoms with van der Waals surface area (Å²) < 4.78 is 11.2. The van der Waals surface area contributed by atoms with Crippen LogP contribution in [0, 0.1) is 5.92 Å². The van der Waals surface area contributed by atoms with Crippen molar-refractivity contribution in [3.8, 4) is 11.1 Å². The predicted molar refractivity (Wildman–Crippen MR) is 143 cm³/mol. The average molecular weight is 541 g/mol. The molecule has 9 heteroatoms. The Morgan fingerprint density at radius 3 is 1.93 bits per heavy atom. The van der Waals surface area contributed by atoms with Crippen LogP contribution >= 0.6 is 0 Å². The molecule has 1 fully saturated rings. The molecule has 1 saturated heterocycles. The Hall–Kier alpha value is -4.50. The highest BCUT2D eigenvalue weighted by atomic mass is 16.7. The number of carbonyl (C=O) groups is 4. The maximum Gasteiger partial charge on any atom is 0.407 e. The Balaban J connectivity index is 1.11. The lowest BCUT2D eigenvalue weighted by Crippen LogP contribution is -2.45. The number of hydrogen-bond acceptors (Lipinski definition) is 7. The molecule has 0 aromatic heterocycles. The number of hydroxylamine groups is 2. The first-order valence-corrected chi connectivity index (χ1v) is 13.4. The minimum atomic E-state index is -0.801. The predicted octanol–water partition coefficient (Wildman–Crippen LogP) is 4.46. The topological polar surface area (TPSA) is 111 Å². The molecule has 1 atom stereocenters. The number of nitrogens with zero attached hydrogens (tertiary/aromatic N) is 1. The summed E-state index contributed by atoms with van der Waals surface area (Å²) in [6.45, 7) is 1.14. The summed E-state index contributed by atoms with van der Waals surface area (Å²) in [5.41, 5.74) is 4.81. The van der Waals surface area contributed by atoms with E-state index in [2.05, 4.69) is 17.4 Å². The van der Waals surface area contributed by atoms with Gasteiger partial charge in [-0.25, -0.2) is 9.59 Å². The Labute approximate surface area is 231 Å². The van der Waals surface area contributed by atoms with Gasteiger partial charge in [-0.1, -0.05) is 65.7 Å². The Morgan fingerprint density at radius 2 is 1.35 bits per heavy atom. The molecular weight excluding hydrogens is 512 g/mol. The maximum absolute atomic E-state index is 13.0. The van der Waals surface area contributed by atoms with Gasteiger partial charge in [-0.2, -0.15) is 0 Å². The Morgan fingerprint density at radius 1 is 0.825 bits per heavy atom. The molecule has 2 heterocycles. The summed E-state index contributed by atoms with van der Waals surface area (Å²) in [5.74, 6) is -2.35. The number of alkyl carbamates (subject to hydrolysis) is 1. The van der Waals surface area contributed by atoms with Gasteiger partial charge >= 0.3 is 12.1 Å². The molecule has 6 rings (SSSR count). The van der Waals surface area contributed by atoms with Gasteiger partial charge in [0.15, 0.2) is 0 Å². The van der Waals surface area contributed by atoms with E-state index in [1.54, 1.807) is 12.1 Å². The normalized spacial score (nSPS) is 17.1. The largest absolute Gasteiger partial charge is 0.449 e. The Kier molecular flexibility index (Phi) is 7.04. The van der Waals surface area contributed by atoms with E-state index in [0.717, 1.165) is 22.3 Å². The molecule has 3 aromatic rings. The van der Waals surface area contributed by atoms with Gasteiger partial charge in [0, 0.05) is 25.2 Å². The highest BCUT2D eigenvalue weighted by Crippen LogP contribution is 2.44. The monoisotopic (exact) mass is 540 g/mol. The molecule has 0 radical (unpaired) electrons. The summed E-state index contributed by atoms with van der Waals surface area (Å²) in [7, 11) is 0. The van der Waals surface area contributed by atoms with Crippen molar-refractivity contribution in [2.45, 2.75) is 31.2 Å². The van der Waals surface area contributed by atoms with Gasteiger partial charge in [-0.05, 0) is 53.1 Å². The minimum Gasteiger partial charge on any atom is -0.449 e.